The molecular formula is C21H28N2O3. The quantitative estimate of drug-likeness (QED) is 0.655. The van der Waals surface area contributed by atoms with Gasteiger partial charge >= 0.3 is 0 Å². The standard InChI is InChI=1S/C21H28N2O3/c1-4-25-20-7-5-6-18(14-20)23-21(24)15-22-17-8-10-19(11-9-17)26-13-12-16(2)3/h5-11,14,16,22H,4,12-13,15H2,1-3H3,(H,23,24). The number of ether oxygens (including phenoxy) is 2. The third kappa shape index (κ3) is 7.05. The second-order valence-electron chi connectivity index (χ2n) is 6.42. The minimum Gasteiger partial charge on any atom is -0.494 e. The molecule has 0 unspecified atom stereocenters. The maximum Gasteiger partial charge on any atom is 0.243 e. The van der Waals surface area contributed by atoms with E-state index in [0.29, 0.717) is 19.1 Å². The van der Waals surface area contributed by atoms with Gasteiger partial charge in [-0.1, -0.05) is 19.9 Å². The van der Waals surface area contributed by atoms with Crippen molar-refractivity contribution in [2.24, 2.45) is 5.92 Å². The summed E-state index contributed by atoms with van der Waals surface area (Å²) >= 11 is 0. The summed E-state index contributed by atoms with van der Waals surface area (Å²) in [5.74, 6) is 2.10. The van der Waals surface area contributed by atoms with Crippen LogP contribution in [-0.4, -0.2) is 25.7 Å². The molecule has 140 valence electrons. The molecule has 2 N–H and O–H groups in total. The Hall–Kier alpha value is -2.69. The minimum atomic E-state index is -0.115. The molecule has 0 aliphatic carbocycles. The highest BCUT2D eigenvalue weighted by molar-refractivity contribution is 5.93. The van der Waals surface area contributed by atoms with Gasteiger partial charge in [0.05, 0.1) is 19.8 Å². The number of anilines is 2. The molecule has 2 rings (SSSR count). The Morgan fingerprint density at radius 3 is 2.46 bits per heavy atom. The first-order valence-corrected chi connectivity index (χ1v) is 9.06. The molecule has 2 aromatic rings. The second-order valence-corrected chi connectivity index (χ2v) is 6.42. The van der Waals surface area contributed by atoms with Crippen molar-refractivity contribution in [3.8, 4) is 11.5 Å². The van der Waals surface area contributed by atoms with Crippen LogP contribution in [0.5, 0.6) is 11.5 Å². The van der Waals surface area contributed by atoms with Gasteiger partial charge in [-0.2, -0.15) is 0 Å². The lowest BCUT2D eigenvalue weighted by molar-refractivity contribution is -0.114. The Balaban J connectivity index is 1.77. The zero-order chi connectivity index (χ0) is 18.8. The number of hydrogen-bond donors (Lipinski definition) is 2. The number of benzene rings is 2. The van der Waals surface area contributed by atoms with E-state index in [1.807, 2.05) is 55.5 Å². The molecule has 0 heterocycles. The molecule has 0 aliphatic heterocycles. The highest BCUT2D eigenvalue weighted by Crippen LogP contribution is 2.18. The third-order valence-corrected chi connectivity index (χ3v) is 3.70. The molecule has 0 atom stereocenters. The number of carbonyl (C=O) groups excluding carboxylic acids is 1. The molecule has 0 aliphatic rings. The van der Waals surface area contributed by atoms with Crippen LogP contribution in [0.1, 0.15) is 27.2 Å². The van der Waals surface area contributed by atoms with Crippen molar-refractivity contribution in [3.63, 3.8) is 0 Å². The zero-order valence-corrected chi connectivity index (χ0v) is 15.7. The predicted molar refractivity (Wildman–Crippen MR) is 106 cm³/mol. The normalized spacial score (nSPS) is 10.5. The summed E-state index contributed by atoms with van der Waals surface area (Å²) in [7, 11) is 0. The first-order valence-electron chi connectivity index (χ1n) is 9.06. The molecule has 1 amide bonds. The predicted octanol–water partition coefficient (Wildman–Crippen LogP) is 4.56. The van der Waals surface area contributed by atoms with Gasteiger partial charge in [0.1, 0.15) is 11.5 Å². The van der Waals surface area contributed by atoms with E-state index in [9.17, 15) is 4.79 Å². The summed E-state index contributed by atoms with van der Waals surface area (Å²) in [5, 5.41) is 5.96. The summed E-state index contributed by atoms with van der Waals surface area (Å²) in [5.41, 5.74) is 1.59. The van der Waals surface area contributed by atoms with E-state index in [-0.39, 0.29) is 12.5 Å². The van der Waals surface area contributed by atoms with E-state index < -0.39 is 0 Å². The molecule has 0 saturated carbocycles. The lowest BCUT2D eigenvalue weighted by atomic mass is 10.1. The van der Waals surface area contributed by atoms with Gasteiger partial charge in [-0.25, -0.2) is 0 Å². The van der Waals surface area contributed by atoms with Crippen LogP contribution in [0.4, 0.5) is 11.4 Å². The number of amides is 1. The summed E-state index contributed by atoms with van der Waals surface area (Å²) in [6.45, 7) is 7.77. The van der Waals surface area contributed by atoms with Crippen molar-refractivity contribution in [2.45, 2.75) is 27.2 Å². The van der Waals surface area contributed by atoms with Gasteiger partial charge in [0.25, 0.3) is 0 Å². The highest BCUT2D eigenvalue weighted by atomic mass is 16.5. The van der Waals surface area contributed by atoms with Crippen molar-refractivity contribution in [2.75, 3.05) is 30.4 Å². The fourth-order valence-corrected chi connectivity index (χ4v) is 2.30. The van der Waals surface area contributed by atoms with Crippen molar-refractivity contribution in [1.29, 1.82) is 0 Å². The highest BCUT2D eigenvalue weighted by Gasteiger charge is 2.04. The molecule has 0 saturated heterocycles. The van der Waals surface area contributed by atoms with Crippen LogP contribution in [0, 0.1) is 5.92 Å². The number of hydrogen-bond acceptors (Lipinski definition) is 4. The minimum absolute atomic E-state index is 0.115. The lowest BCUT2D eigenvalue weighted by Crippen LogP contribution is -2.21. The van der Waals surface area contributed by atoms with Crippen LogP contribution < -0.4 is 20.1 Å². The van der Waals surface area contributed by atoms with Crippen LogP contribution in [0.3, 0.4) is 0 Å². The lowest BCUT2D eigenvalue weighted by Gasteiger charge is -2.11. The fourth-order valence-electron chi connectivity index (χ4n) is 2.30. The van der Waals surface area contributed by atoms with Crippen LogP contribution in [0.15, 0.2) is 48.5 Å². The summed E-state index contributed by atoms with van der Waals surface area (Å²) in [6, 6.07) is 15.0. The molecule has 0 radical (unpaired) electrons. The molecule has 0 aromatic heterocycles. The average molecular weight is 356 g/mol. The Kier molecular flexibility index (Phi) is 7.80. The van der Waals surface area contributed by atoms with Gasteiger partial charge < -0.3 is 20.1 Å². The van der Waals surface area contributed by atoms with Crippen molar-refractivity contribution in [1.82, 2.24) is 0 Å². The molecule has 5 heteroatoms. The molecule has 0 fully saturated rings. The van der Waals surface area contributed by atoms with E-state index in [2.05, 4.69) is 24.5 Å². The van der Waals surface area contributed by atoms with Crippen molar-refractivity contribution in [3.05, 3.63) is 48.5 Å². The average Bonchev–Trinajstić information content (AvgIpc) is 2.61. The Labute approximate surface area is 155 Å². The molecule has 26 heavy (non-hydrogen) atoms. The first-order chi connectivity index (χ1) is 12.6. The molecule has 0 bridgehead atoms. The van der Waals surface area contributed by atoms with E-state index >= 15 is 0 Å². The van der Waals surface area contributed by atoms with E-state index in [0.717, 1.165) is 29.3 Å². The Morgan fingerprint density at radius 1 is 1.00 bits per heavy atom. The van der Waals surface area contributed by atoms with Crippen molar-refractivity contribution < 1.29 is 14.3 Å². The number of rotatable bonds is 10. The fraction of sp³-hybridized carbons (Fsp3) is 0.381. The maximum absolute atomic E-state index is 12.1. The molecule has 2 aromatic carbocycles. The Morgan fingerprint density at radius 2 is 1.77 bits per heavy atom. The molecule has 5 nitrogen and oxygen atoms in total. The summed E-state index contributed by atoms with van der Waals surface area (Å²) < 4.78 is 11.1. The zero-order valence-electron chi connectivity index (χ0n) is 15.7. The van der Waals surface area contributed by atoms with Gasteiger partial charge in [-0.3, -0.25) is 4.79 Å². The Bertz CT molecular complexity index is 684. The van der Waals surface area contributed by atoms with Crippen LogP contribution in [-0.2, 0) is 4.79 Å². The van der Waals surface area contributed by atoms with Gasteiger partial charge in [0.15, 0.2) is 0 Å². The van der Waals surface area contributed by atoms with E-state index in [1.165, 1.54) is 0 Å². The second kappa shape index (κ2) is 10.3. The smallest absolute Gasteiger partial charge is 0.243 e. The maximum atomic E-state index is 12.1. The SMILES string of the molecule is CCOc1cccc(NC(=O)CNc2ccc(OCCC(C)C)cc2)c1. The topological polar surface area (TPSA) is 59.6 Å². The largest absolute Gasteiger partial charge is 0.494 e. The van der Waals surface area contributed by atoms with E-state index in [1.54, 1.807) is 0 Å². The monoisotopic (exact) mass is 356 g/mol. The van der Waals surface area contributed by atoms with Gasteiger partial charge in [-0.05, 0) is 55.7 Å². The third-order valence-electron chi connectivity index (χ3n) is 3.70. The van der Waals surface area contributed by atoms with Gasteiger partial charge in [-0.15, -0.1) is 0 Å². The van der Waals surface area contributed by atoms with Gasteiger partial charge in [0, 0.05) is 17.4 Å². The summed E-state index contributed by atoms with van der Waals surface area (Å²) in [6.07, 6.45) is 1.03. The van der Waals surface area contributed by atoms with Gasteiger partial charge in [0.2, 0.25) is 5.91 Å². The van der Waals surface area contributed by atoms with Crippen molar-refractivity contribution >= 4 is 17.3 Å². The van der Waals surface area contributed by atoms with E-state index in [4.69, 9.17) is 9.47 Å². The molecule has 0 spiro atoms. The van der Waals surface area contributed by atoms with Crippen LogP contribution in [0.2, 0.25) is 0 Å². The van der Waals surface area contributed by atoms with Crippen LogP contribution in [0.25, 0.3) is 0 Å². The van der Waals surface area contributed by atoms with Crippen LogP contribution >= 0.6 is 0 Å². The first kappa shape index (κ1) is 19.6. The number of nitrogens with one attached hydrogen (secondary N) is 2. The molecular weight excluding hydrogens is 328 g/mol. The summed E-state index contributed by atoms with van der Waals surface area (Å²) in [4.78, 5) is 12.1. The number of carbonyl (C=O) groups is 1.